The molecule has 1 aromatic carbocycles. The number of halogens is 1. The summed E-state index contributed by atoms with van der Waals surface area (Å²) in [7, 11) is 0. The number of ether oxygens (including phenoxy) is 1. The van der Waals surface area contributed by atoms with Crippen molar-refractivity contribution >= 4 is 12.2 Å². The van der Waals surface area contributed by atoms with Gasteiger partial charge in [-0.1, -0.05) is 18.2 Å². The van der Waals surface area contributed by atoms with E-state index in [1.54, 1.807) is 39.0 Å². The molecule has 0 saturated carbocycles. The van der Waals surface area contributed by atoms with Crippen LogP contribution >= 0.6 is 0 Å². The van der Waals surface area contributed by atoms with Gasteiger partial charge in [-0.05, 0) is 26.8 Å². The third-order valence-electron chi connectivity index (χ3n) is 1.78. The van der Waals surface area contributed by atoms with E-state index < -0.39 is 11.6 Å². The van der Waals surface area contributed by atoms with Crippen molar-refractivity contribution in [2.75, 3.05) is 6.54 Å². The molecular formula is C13H16FNO2. The van der Waals surface area contributed by atoms with Crippen molar-refractivity contribution in [2.24, 2.45) is 4.99 Å². The normalized spacial score (nSPS) is 11.8. The highest BCUT2D eigenvalue weighted by Crippen LogP contribution is 2.07. The second-order valence-electron chi connectivity index (χ2n) is 4.58. The number of hydrogen-bond acceptors (Lipinski definition) is 3. The molecule has 0 aliphatic carbocycles. The van der Waals surface area contributed by atoms with E-state index in [-0.39, 0.29) is 12.4 Å². The molecule has 0 radical (unpaired) electrons. The number of benzene rings is 1. The summed E-state index contributed by atoms with van der Waals surface area (Å²) in [4.78, 5) is 15.2. The van der Waals surface area contributed by atoms with Crippen LogP contribution in [0.3, 0.4) is 0 Å². The van der Waals surface area contributed by atoms with Crippen LogP contribution < -0.4 is 0 Å². The molecule has 0 aromatic heterocycles. The van der Waals surface area contributed by atoms with Gasteiger partial charge in [-0.2, -0.15) is 0 Å². The molecule has 0 bridgehead atoms. The molecule has 0 atom stereocenters. The molecule has 17 heavy (non-hydrogen) atoms. The van der Waals surface area contributed by atoms with Crippen molar-refractivity contribution in [1.82, 2.24) is 0 Å². The van der Waals surface area contributed by atoms with E-state index in [1.807, 2.05) is 0 Å². The largest absolute Gasteiger partial charge is 0.459 e. The summed E-state index contributed by atoms with van der Waals surface area (Å²) in [6.07, 6.45) is 1.33. The first-order chi connectivity index (χ1) is 7.88. The third kappa shape index (κ3) is 5.24. The van der Waals surface area contributed by atoms with E-state index in [1.165, 1.54) is 12.3 Å². The average Bonchev–Trinajstić information content (AvgIpc) is 2.18. The van der Waals surface area contributed by atoms with Crippen LogP contribution in [-0.4, -0.2) is 24.3 Å². The van der Waals surface area contributed by atoms with Crippen LogP contribution in [0.2, 0.25) is 0 Å². The quantitative estimate of drug-likeness (QED) is 0.598. The number of carbonyl (C=O) groups excluding carboxylic acids is 1. The average molecular weight is 237 g/mol. The summed E-state index contributed by atoms with van der Waals surface area (Å²) in [5, 5.41) is 0. The minimum absolute atomic E-state index is 0.106. The van der Waals surface area contributed by atoms with E-state index in [9.17, 15) is 9.18 Å². The molecule has 92 valence electrons. The summed E-state index contributed by atoms with van der Waals surface area (Å²) in [6, 6.07) is 6.24. The highest BCUT2D eigenvalue weighted by atomic mass is 19.1. The second kappa shape index (κ2) is 5.57. The van der Waals surface area contributed by atoms with Gasteiger partial charge in [0, 0.05) is 11.8 Å². The first-order valence-corrected chi connectivity index (χ1v) is 5.35. The van der Waals surface area contributed by atoms with Crippen LogP contribution in [0.25, 0.3) is 0 Å². The maximum absolute atomic E-state index is 13.2. The molecule has 1 rings (SSSR count). The second-order valence-corrected chi connectivity index (χ2v) is 4.58. The van der Waals surface area contributed by atoms with Crippen molar-refractivity contribution in [3.05, 3.63) is 35.6 Å². The predicted molar refractivity (Wildman–Crippen MR) is 64.7 cm³/mol. The Bertz CT molecular complexity index is 422. The Labute approximate surface area is 100 Å². The third-order valence-corrected chi connectivity index (χ3v) is 1.78. The van der Waals surface area contributed by atoms with Gasteiger partial charge in [-0.3, -0.25) is 9.79 Å². The number of nitrogens with zero attached hydrogens (tertiary/aromatic N) is 1. The number of aliphatic imine (C=N–C) groups is 1. The van der Waals surface area contributed by atoms with Gasteiger partial charge < -0.3 is 4.74 Å². The van der Waals surface area contributed by atoms with Crippen molar-refractivity contribution < 1.29 is 13.9 Å². The van der Waals surface area contributed by atoms with E-state index in [0.717, 1.165) is 0 Å². The molecule has 0 amide bonds. The lowest BCUT2D eigenvalue weighted by molar-refractivity contribution is -0.152. The Hall–Kier alpha value is -1.71. The van der Waals surface area contributed by atoms with Crippen LogP contribution in [0.4, 0.5) is 4.39 Å². The van der Waals surface area contributed by atoms with Crippen LogP contribution in [0.1, 0.15) is 26.3 Å². The maximum atomic E-state index is 13.2. The lowest BCUT2D eigenvalue weighted by Gasteiger charge is -2.18. The summed E-state index contributed by atoms with van der Waals surface area (Å²) < 4.78 is 18.2. The molecule has 0 aliphatic rings. The van der Waals surface area contributed by atoms with E-state index in [4.69, 9.17) is 4.74 Å². The molecular weight excluding hydrogens is 221 g/mol. The van der Waals surface area contributed by atoms with Gasteiger partial charge in [0.2, 0.25) is 0 Å². The fourth-order valence-electron chi connectivity index (χ4n) is 1.17. The monoisotopic (exact) mass is 237 g/mol. The Morgan fingerprint density at radius 2 is 2.06 bits per heavy atom. The number of rotatable bonds is 3. The van der Waals surface area contributed by atoms with Crippen LogP contribution in [0.5, 0.6) is 0 Å². The molecule has 0 aliphatic heterocycles. The Morgan fingerprint density at radius 1 is 1.41 bits per heavy atom. The molecule has 1 aromatic rings. The molecule has 0 unspecified atom stereocenters. The minimum Gasteiger partial charge on any atom is -0.459 e. The highest BCUT2D eigenvalue weighted by Gasteiger charge is 2.15. The first-order valence-electron chi connectivity index (χ1n) is 5.35. The molecule has 0 fully saturated rings. The van der Waals surface area contributed by atoms with Gasteiger partial charge >= 0.3 is 5.97 Å². The highest BCUT2D eigenvalue weighted by molar-refractivity contribution is 5.82. The zero-order valence-electron chi connectivity index (χ0n) is 10.2. The van der Waals surface area contributed by atoms with E-state index >= 15 is 0 Å². The molecule has 0 heterocycles. The van der Waals surface area contributed by atoms with Crippen molar-refractivity contribution in [3.63, 3.8) is 0 Å². The zero-order valence-corrected chi connectivity index (χ0v) is 10.2. The lowest BCUT2D eigenvalue weighted by Crippen LogP contribution is -2.25. The Balaban J connectivity index is 2.51. The van der Waals surface area contributed by atoms with Crippen molar-refractivity contribution in [1.29, 1.82) is 0 Å². The van der Waals surface area contributed by atoms with Gasteiger partial charge in [0.15, 0.2) is 0 Å². The van der Waals surface area contributed by atoms with E-state index in [2.05, 4.69) is 4.99 Å². The minimum atomic E-state index is -0.523. The number of carbonyl (C=O) groups is 1. The topological polar surface area (TPSA) is 38.7 Å². The van der Waals surface area contributed by atoms with Gasteiger partial charge in [-0.15, -0.1) is 0 Å². The fourth-order valence-corrected chi connectivity index (χ4v) is 1.17. The molecule has 0 N–H and O–H groups in total. The zero-order chi connectivity index (χ0) is 12.9. The molecule has 4 heteroatoms. The maximum Gasteiger partial charge on any atom is 0.328 e. The lowest BCUT2D eigenvalue weighted by atomic mass is 10.2. The van der Waals surface area contributed by atoms with Crippen molar-refractivity contribution in [3.8, 4) is 0 Å². The molecule has 3 nitrogen and oxygen atoms in total. The van der Waals surface area contributed by atoms with Crippen LogP contribution in [0.15, 0.2) is 29.3 Å². The molecule has 0 saturated heterocycles. The smallest absolute Gasteiger partial charge is 0.328 e. The first kappa shape index (κ1) is 13.4. The van der Waals surface area contributed by atoms with E-state index in [0.29, 0.717) is 5.56 Å². The summed E-state index contributed by atoms with van der Waals surface area (Å²) in [6.45, 7) is 5.24. The van der Waals surface area contributed by atoms with Gasteiger partial charge in [-0.25, -0.2) is 4.39 Å². The Kier molecular flexibility index (Phi) is 4.37. The SMILES string of the molecule is CC(C)(C)OC(=O)CN=Cc1ccccc1F. The Morgan fingerprint density at radius 3 is 2.65 bits per heavy atom. The van der Waals surface area contributed by atoms with Gasteiger partial charge in [0.1, 0.15) is 18.0 Å². The van der Waals surface area contributed by atoms with Crippen LogP contribution in [0, 0.1) is 5.82 Å². The number of hydrogen-bond donors (Lipinski definition) is 0. The summed E-state index contributed by atoms with van der Waals surface area (Å²) in [5.74, 6) is -0.787. The summed E-state index contributed by atoms with van der Waals surface area (Å²) >= 11 is 0. The van der Waals surface area contributed by atoms with Gasteiger partial charge in [0.25, 0.3) is 0 Å². The van der Waals surface area contributed by atoms with Crippen molar-refractivity contribution in [2.45, 2.75) is 26.4 Å². The predicted octanol–water partition coefficient (Wildman–Crippen LogP) is 2.59. The van der Waals surface area contributed by atoms with Crippen LogP contribution in [-0.2, 0) is 9.53 Å². The summed E-state index contributed by atoms with van der Waals surface area (Å²) in [5.41, 5.74) is -0.166. The number of esters is 1. The standard InChI is InChI=1S/C13H16FNO2/c1-13(2,3)17-12(16)9-15-8-10-6-4-5-7-11(10)14/h4-8H,9H2,1-3H3. The van der Waals surface area contributed by atoms with Gasteiger partial charge in [0.05, 0.1) is 0 Å². The fraction of sp³-hybridized carbons (Fsp3) is 0.385. The molecule has 0 spiro atoms.